The number of ether oxygens (including phenoxy) is 1. The first kappa shape index (κ1) is 21.9. The lowest BCUT2D eigenvalue weighted by Gasteiger charge is -2.34. The number of rotatable bonds is 7. The summed E-state index contributed by atoms with van der Waals surface area (Å²) in [6.45, 7) is 2.68. The van der Waals surface area contributed by atoms with E-state index in [9.17, 15) is 9.59 Å². The van der Waals surface area contributed by atoms with Crippen LogP contribution in [0.2, 0.25) is 5.02 Å². The van der Waals surface area contributed by atoms with E-state index in [1.165, 1.54) is 10.9 Å². The number of nitrogens with one attached hydrogen (secondary N) is 1. The van der Waals surface area contributed by atoms with Gasteiger partial charge >= 0.3 is 0 Å². The minimum absolute atomic E-state index is 0.0691. The largest absolute Gasteiger partial charge is 0.357 e. The molecular weight excluding hydrogens is 408 g/mol. The van der Waals surface area contributed by atoms with Gasteiger partial charge in [-0.2, -0.15) is 4.80 Å². The second-order valence-electron chi connectivity index (χ2n) is 7.01. The molecule has 0 aliphatic carbocycles. The van der Waals surface area contributed by atoms with Crippen molar-refractivity contribution in [3.05, 3.63) is 46.2 Å². The zero-order valence-electron chi connectivity index (χ0n) is 17.0. The van der Waals surface area contributed by atoms with Crippen molar-refractivity contribution in [2.24, 2.45) is 0 Å². The summed E-state index contributed by atoms with van der Waals surface area (Å²) in [7, 11) is 1.55. The van der Waals surface area contributed by atoms with Crippen molar-refractivity contribution in [1.82, 2.24) is 30.4 Å². The zero-order chi connectivity index (χ0) is 21.5. The van der Waals surface area contributed by atoms with Gasteiger partial charge in [0, 0.05) is 24.7 Å². The van der Waals surface area contributed by atoms with E-state index in [2.05, 4.69) is 20.7 Å². The van der Waals surface area contributed by atoms with Gasteiger partial charge in [0.05, 0.1) is 6.54 Å². The highest BCUT2D eigenvalue weighted by Gasteiger charge is 2.26. The van der Waals surface area contributed by atoms with Gasteiger partial charge < -0.3 is 15.0 Å². The molecule has 1 aliphatic heterocycles. The molecule has 0 bridgehead atoms. The fourth-order valence-electron chi connectivity index (χ4n) is 3.24. The highest BCUT2D eigenvalue weighted by Crippen LogP contribution is 2.21. The fraction of sp³-hybridized carbons (Fsp3) is 0.450. The number of hydrogen-bond acceptors (Lipinski definition) is 6. The molecule has 2 amide bonds. The van der Waals surface area contributed by atoms with Crippen molar-refractivity contribution < 1.29 is 14.3 Å². The quantitative estimate of drug-likeness (QED) is 0.669. The number of carbonyl (C=O) groups is 2. The van der Waals surface area contributed by atoms with Gasteiger partial charge in [-0.1, -0.05) is 17.7 Å². The number of tetrazole rings is 1. The number of halogens is 1. The summed E-state index contributed by atoms with van der Waals surface area (Å²) in [6, 6.07) is 5.44. The lowest BCUT2D eigenvalue weighted by Crippen LogP contribution is -2.45. The number of benzene rings is 1. The third-order valence-corrected chi connectivity index (χ3v) is 5.03. The van der Waals surface area contributed by atoms with Gasteiger partial charge in [-0.25, -0.2) is 0 Å². The number of amides is 2. The van der Waals surface area contributed by atoms with Crippen molar-refractivity contribution in [3.8, 4) is 0 Å². The molecule has 0 saturated carbocycles. The monoisotopic (exact) mass is 432 g/mol. The first-order valence-electron chi connectivity index (χ1n) is 9.80. The molecule has 1 aromatic carbocycles. The third-order valence-electron chi connectivity index (χ3n) is 4.79. The van der Waals surface area contributed by atoms with Gasteiger partial charge in [-0.3, -0.25) is 9.59 Å². The predicted molar refractivity (Wildman–Crippen MR) is 112 cm³/mol. The maximum Gasteiger partial charge on any atom is 0.248 e. The van der Waals surface area contributed by atoms with E-state index >= 15 is 0 Å². The van der Waals surface area contributed by atoms with E-state index in [-0.39, 0.29) is 18.4 Å². The molecule has 1 unspecified atom stereocenters. The Bertz CT molecular complexity index is 929. The standard InChI is InChI=1S/C20H25ClN6O3/c1-14-23-25-27(24-14)12-16-11-17(21)8-6-15(16)7-9-19(29)26-10-4-3-5-20(26)30-13-18(28)22-2/h6-9,11,20H,3-5,10,12-13H2,1-2H3,(H,22,28)/b9-7+. The molecule has 10 heteroatoms. The fourth-order valence-corrected chi connectivity index (χ4v) is 3.44. The molecular formula is C20H25ClN6O3. The Kier molecular flexibility index (Phi) is 7.53. The first-order valence-corrected chi connectivity index (χ1v) is 10.2. The maximum atomic E-state index is 12.8. The maximum absolute atomic E-state index is 12.8. The molecule has 1 fully saturated rings. The lowest BCUT2D eigenvalue weighted by molar-refractivity contribution is -0.151. The number of nitrogens with zero attached hydrogens (tertiary/aromatic N) is 5. The van der Waals surface area contributed by atoms with Gasteiger partial charge in [0.2, 0.25) is 11.8 Å². The number of carbonyl (C=O) groups excluding carboxylic acids is 2. The molecule has 1 aliphatic rings. The van der Waals surface area contributed by atoms with Crippen molar-refractivity contribution in [3.63, 3.8) is 0 Å². The topological polar surface area (TPSA) is 102 Å². The molecule has 1 saturated heterocycles. The molecule has 1 N–H and O–H groups in total. The summed E-state index contributed by atoms with van der Waals surface area (Å²) in [5.41, 5.74) is 1.71. The van der Waals surface area contributed by atoms with E-state index in [1.807, 2.05) is 12.1 Å². The van der Waals surface area contributed by atoms with E-state index in [4.69, 9.17) is 16.3 Å². The Hall–Kier alpha value is -2.78. The van der Waals surface area contributed by atoms with Crippen molar-refractivity contribution in [2.75, 3.05) is 20.2 Å². The lowest BCUT2D eigenvalue weighted by atomic mass is 10.1. The number of piperidine rings is 1. The average Bonchev–Trinajstić information content (AvgIpc) is 3.16. The van der Waals surface area contributed by atoms with Crippen LogP contribution < -0.4 is 5.32 Å². The Labute approximate surface area is 180 Å². The van der Waals surface area contributed by atoms with Crippen LogP contribution in [-0.4, -0.2) is 63.3 Å². The number of aryl methyl sites for hydroxylation is 1. The van der Waals surface area contributed by atoms with E-state index < -0.39 is 6.23 Å². The highest BCUT2D eigenvalue weighted by molar-refractivity contribution is 6.30. The average molecular weight is 433 g/mol. The minimum atomic E-state index is -0.403. The van der Waals surface area contributed by atoms with Crippen LogP contribution in [0.3, 0.4) is 0 Å². The Morgan fingerprint density at radius 2 is 2.20 bits per heavy atom. The van der Waals surface area contributed by atoms with Crippen LogP contribution in [0.1, 0.15) is 36.2 Å². The second-order valence-corrected chi connectivity index (χ2v) is 7.45. The van der Waals surface area contributed by atoms with Gasteiger partial charge in [0.1, 0.15) is 12.8 Å². The smallest absolute Gasteiger partial charge is 0.248 e. The van der Waals surface area contributed by atoms with Crippen LogP contribution in [-0.2, 0) is 20.9 Å². The van der Waals surface area contributed by atoms with E-state index in [0.717, 1.165) is 24.0 Å². The predicted octanol–water partition coefficient (Wildman–Crippen LogP) is 1.80. The van der Waals surface area contributed by atoms with Crippen molar-refractivity contribution in [2.45, 2.75) is 39.0 Å². The van der Waals surface area contributed by atoms with E-state index in [0.29, 0.717) is 30.4 Å². The molecule has 2 aromatic rings. The molecule has 0 radical (unpaired) electrons. The molecule has 9 nitrogen and oxygen atoms in total. The van der Waals surface area contributed by atoms with Crippen LogP contribution in [0.4, 0.5) is 0 Å². The Morgan fingerprint density at radius 3 is 2.93 bits per heavy atom. The zero-order valence-corrected chi connectivity index (χ0v) is 17.8. The molecule has 0 spiro atoms. The van der Waals surface area contributed by atoms with Gasteiger partial charge in [0.25, 0.3) is 0 Å². The Morgan fingerprint density at radius 1 is 1.37 bits per heavy atom. The van der Waals surface area contributed by atoms with Crippen molar-refractivity contribution in [1.29, 1.82) is 0 Å². The van der Waals surface area contributed by atoms with Gasteiger partial charge in [-0.15, -0.1) is 10.2 Å². The van der Waals surface area contributed by atoms with Gasteiger partial charge in [0.15, 0.2) is 5.82 Å². The highest BCUT2D eigenvalue weighted by atomic mass is 35.5. The molecule has 2 heterocycles. The number of hydrogen-bond donors (Lipinski definition) is 1. The third kappa shape index (κ3) is 5.87. The number of likely N-dealkylation sites (tertiary alicyclic amines) is 1. The summed E-state index contributed by atoms with van der Waals surface area (Å²) < 4.78 is 5.66. The first-order chi connectivity index (χ1) is 14.5. The van der Waals surface area contributed by atoms with Crippen LogP contribution in [0, 0.1) is 6.92 Å². The Balaban J connectivity index is 1.72. The molecule has 160 valence electrons. The van der Waals surface area contributed by atoms with Crippen LogP contribution >= 0.6 is 11.6 Å². The van der Waals surface area contributed by atoms with Crippen LogP contribution in [0.15, 0.2) is 24.3 Å². The summed E-state index contributed by atoms with van der Waals surface area (Å²) >= 11 is 6.15. The molecule has 30 heavy (non-hydrogen) atoms. The number of aromatic nitrogens is 4. The summed E-state index contributed by atoms with van der Waals surface area (Å²) in [5.74, 6) is 0.204. The van der Waals surface area contributed by atoms with Crippen LogP contribution in [0.5, 0.6) is 0 Å². The van der Waals surface area contributed by atoms with Crippen molar-refractivity contribution >= 4 is 29.5 Å². The summed E-state index contributed by atoms with van der Waals surface area (Å²) in [6.07, 6.45) is 5.44. The van der Waals surface area contributed by atoms with Crippen LogP contribution in [0.25, 0.3) is 6.08 Å². The number of likely N-dealkylation sites (N-methyl/N-ethyl adjacent to an activating group) is 1. The second kappa shape index (κ2) is 10.3. The van der Waals surface area contributed by atoms with E-state index in [1.54, 1.807) is 31.0 Å². The summed E-state index contributed by atoms with van der Waals surface area (Å²) in [5, 5.41) is 15.2. The normalized spacial score (nSPS) is 16.8. The SMILES string of the molecule is CNC(=O)COC1CCCCN1C(=O)/C=C/c1ccc(Cl)cc1Cn1nnc(C)n1. The molecule has 3 rings (SSSR count). The minimum Gasteiger partial charge on any atom is -0.357 e. The van der Waals surface area contributed by atoms with Gasteiger partial charge in [-0.05, 0) is 60.7 Å². The molecule has 1 atom stereocenters. The molecule has 1 aromatic heterocycles. The summed E-state index contributed by atoms with van der Waals surface area (Å²) in [4.78, 5) is 27.5.